The number of anilines is 1. The molecule has 0 aliphatic heterocycles. The molecule has 0 aromatic carbocycles. The van der Waals surface area contributed by atoms with Gasteiger partial charge in [0.2, 0.25) is 0 Å². The number of aromatic nitrogens is 1. The lowest BCUT2D eigenvalue weighted by Crippen LogP contribution is -2.31. The van der Waals surface area contributed by atoms with E-state index in [1.54, 1.807) is 6.07 Å². The minimum Gasteiger partial charge on any atom is -0.384 e. The second kappa shape index (κ2) is 7.98. The maximum Gasteiger partial charge on any atom is 0.251 e. The summed E-state index contributed by atoms with van der Waals surface area (Å²) in [5.74, 6) is 0.559. The number of amides is 1. The van der Waals surface area contributed by atoms with Crippen molar-refractivity contribution < 1.29 is 4.79 Å². The van der Waals surface area contributed by atoms with Crippen LogP contribution in [-0.2, 0) is 0 Å². The molecule has 1 amide bonds. The topological polar surface area (TPSA) is 71.2 Å². The van der Waals surface area contributed by atoms with Crippen LogP contribution >= 0.6 is 0 Å². The monoisotopic (exact) mass is 292 g/mol. The predicted molar refractivity (Wildman–Crippen MR) is 87.5 cm³/mol. The van der Waals surface area contributed by atoms with E-state index in [9.17, 15) is 4.79 Å². The van der Waals surface area contributed by atoms with Gasteiger partial charge in [-0.3, -0.25) is 4.79 Å². The molecule has 0 aliphatic rings. The molecule has 0 saturated carbocycles. The molecule has 5 nitrogen and oxygen atoms in total. The van der Waals surface area contributed by atoms with Crippen molar-refractivity contribution in [1.82, 2.24) is 15.2 Å². The SMILES string of the molecule is CC(C)c1cc(C(=O)NCCCN(C)C(C)C)cc(N)n1. The van der Waals surface area contributed by atoms with Gasteiger partial charge in [-0.15, -0.1) is 0 Å². The summed E-state index contributed by atoms with van der Waals surface area (Å²) in [4.78, 5) is 18.6. The summed E-state index contributed by atoms with van der Waals surface area (Å²) >= 11 is 0. The average Bonchev–Trinajstić information content (AvgIpc) is 2.42. The minimum absolute atomic E-state index is 0.0850. The van der Waals surface area contributed by atoms with E-state index in [4.69, 9.17) is 5.73 Å². The van der Waals surface area contributed by atoms with Gasteiger partial charge in [-0.1, -0.05) is 13.8 Å². The first-order valence-electron chi connectivity index (χ1n) is 7.57. The third-order valence-electron chi connectivity index (χ3n) is 3.57. The highest BCUT2D eigenvalue weighted by Gasteiger charge is 2.11. The first kappa shape index (κ1) is 17.4. The first-order chi connectivity index (χ1) is 9.81. The molecule has 0 radical (unpaired) electrons. The van der Waals surface area contributed by atoms with Gasteiger partial charge in [0.1, 0.15) is 5.82 Å². The molecular formula is C16H28N4O. The smallest absolute Gasteiger partial charge is 0.251 e. The van der Waals surface area contributed by atoms with Crippen LogP contribution < -0.4 is 11.1 Å². The molecule has 1 rings (SSSR count). The number of hydrogen-bond donors (Lipinski definition) is 2. The largest absolute Gasteiger partial charge is 0.384 e. The lowest BCUT2D eigenvalue weighted by atomic mass is 10.1. The van der Waals surface area contributed by atoms with Crippen LogP contribution in [-0.4, -0.2) is 42.0 Å². The molecule has 0 aliphatic carbocycles. The highest BCUT2D eigenvalue weighted by atomic mass is 16.1. The van der Waals surface area contributed by atoms with Crippen molar-refractivity contribution in [2.45, 2.75) is 46.1 Å². The van der Waals surface area contributed by atoms with Gasteiger partial charge in [0.05, 0.1) is 0 Å². The summed E-state index contributed by atoms with van der Waals surface area (Å²) in [5, 5.41) is 2.94. The van der Waals surface area contributed by atoms with Gasteiger partial charge in [0.25, 0.3) is 5.91 Å². The molecular weight excluding hydrogens is 264 g/mol. The second-order valence-electron chi connectivity index (χ2n) is 6.04. The number of carbonyl (C=O) groups excluding carboxylic acids is 1. The van der Waals surface area contributed by atoms with Crippen molar-refractivity contribution >= 4 is 11.7 Å². The number of nitrogens with one attached hydrogen (secondary N) is 1. The Morgan fingerprint density at radius 2 is 2.00 bits per heavy atom. The number of pyridine rings is 1. The van der Waals surface area contributed by atoms with E-state index < -0.39 is 0 Å². The lowest BCUT2D eigenvalue weighted by Gasteiger charge is -2.20. The van der Waals surface area contributed by atoms with Crippen molar-refractivity contribution in [2.24, 2.45) is 0 Å². The van der Waals surface area contributed by atoms with Crippen molar-refractivity contribution in [3.63, 3.8) is 0 Å². The summed E-state index contributed by atoms with van der Waals surface area (Å²) in [7, 11) is 2.09. The van der Waals surface area contributed by atoms with Gasteiger partial charge < -0.3 is 16.0 Å². The molecule has 0 atom stereocenters. The molecule has 0 unspecified atom stereocenters. The standard InChI is InChI=1S/C16H28N4O/c1-11(2)14-9-13(10-15(17)19-14)16(21)18-7-6-8-20(5)12(3)4/h9-12H,6-8H2,1-5H3,(H2,17,19)(H,18,21). The molecule has 118 valence electrons. The van der Waals surface area contributed by atoms with Crippen LogP contribution in [0.2, 0.25) is 0 Å². The minimum atomic E-state index is -0.0850. The van der Waals surface area contributed by atoms with Gasteiger partial charge in [0, 0.05) is 23.8 Å². The maximum absolute atomic E-state index is 12.1. The summed E-state index contributed by atoms with van der Waals surface area (Å²) in [6.45, 7) is 10.0. The van der Waals surface area contributed by atoms with Crippen LogP contribution in [0.5, 0.6) is 0 Å². The van der Waals surface area contributed by atoms with E-state index in [0.717, 1.165) is 18.7 Å². The van der Waals surface area contributed by atoms with Crippen molar-refractivity contribution in [2.75, 3.05) is 25.9 Å². The molecule has 0 fully saturated rings. The van der Waals surface area contributed by atoms with Crippen LogP contribution in [0.25, 0.3) is 0 Å². The Bertz CT molecular complexity index is 471. The summed E-state index contributed by atoms with van der Waals surface area (Å²) in [6.07, 6.45) is 0.929. The summed E-state index contributed by atoms with van der Waals surface area (Å²) in [5.41, 5.74) is 7.20. The quantitative estimate of drug-likeness (QED) is 0.756. The third kappa shape index (κ3) is 5.71. The molecule has 3 N–H and O–H groups in total. The molecule has 21 heavy (non-hydrogen) atoms. The van der Waals surface area contributed by atoms with Gasteiger partial charge in [-0.05, 0) is 51.9 Å². The van der Waals surface area contributed by atoms with Gasteiger partial charge in [-0.25, -0.2) is 4.98 Å². The number of carbonyl (C=O) groups is 1. The van der Waals surface area contributed by atoms with E-state index in [-0.39, 0.29) is 11.8 Å². The fourth-order valence-electron chi connectivity index (χ4n) is 1.89. The number of hydrogen-bond acceptors (Lipinski definition) is 4. The summed E-state index contributed by atoms with van der Waals surface area (Å²) in [6, 6.07) is 3.97. The van der Waals surface area contributed by atoms with Gasteiger partial charge in [0.15, 0.2) is 0 Å². The Morgan fingerprint density at radius 3 is 2.57 bits per heavy atom. The molecule has 0 saturated heterocycles. The number of nitrogens with zero attached hydrogens (tertiary/aromatic N) is 2. The van der Waals surface area contributed by atoms with Crippen LogP contribution in [0.1, 0.15) is 56.1 Å². The Kier molecular flexibility index (Phi) is 6.62. The molecule has 1 heterocycles. The third-order valence-corrected chi connectivity index (χ3v) is 3.57. The number of rotatable bonds is 7. The molecule has 1 aromatic heterocycles. The zero-order chi connectivity index (χ0) is 16.0. The van der Waals surface area contributed by atoms with Gasteiger partial charge in [-0.2, -0.15) is 0 Å². The van der Waals surface area contributed by atoms with Crippen molar-refractivity contribution in [3.05, 3.63) is 23.4 Å². The molecule has 1 aromatic rings. The molecule has 0 bridgehead atoms. The zero-order valence-electron chi connectivity index (χ0n) is 13.8. The van der Waals surface area contributed by atoms with E-state index in [2.05, 4.69) is 36.1 Å². The summed E-state index contributed by atoms with van der Waals surface area (Å²) < 4.78 is 0. The fourth-order valence-corrected chi connectivity index (χ4v) is 1.89. The number of nitrogen functional groups attached to an aromatic ring is 1. The van der Waals surface area contributed by atoms with E-state index in [0.29, 0.717) is 24.0 Å². The average molecular weight is 292 g/mol. The number of nitrogens with two attached hydrogens (primary N) is 1. The Labute approximate surface area is 127 Å². The van der Waals surface area contributed by atoms with Crippen molar-refractivity contribution in [1.29, 1.82) is 0 Å². The lowest BCUT2D eigenvalue weighted by molar-refractivity contribution is 0.0951. The molecule has 5 heteroatoms. The predicted octanol–water partition coefficient (Wildman–Crippen LogP) is 2.25. The van der Waals surface area contributed by atoms with Gasteiger partial charge >= 0.3 is 0 Å². The van der Waals surface area contributed by atoms with Crippen LogP contribution in [0.3, 0.4) is 0 Å². The van der Waals surface area contributed by atoms with Crippen LogP contribution in [0.4, 0.5) is 5.82 Å². The first-order valence-corrected chi connectivity index (χ1v) is 7.57. The van der Waals surface area contributed by atoms with Crippen molar-refractivity contribution in [3.8, 4) is 0 Å². The zero-order valence-corrected chi connectivity index (χ0v) is 13.8. The molecule has 0 spiro atoms. The highest BCUT2D eigenvalue weighted by Crippen LogP contribution is 2.15. The van der Waals surface area contributed by atoms with Crippen LogP contribution in [0, 0.1) is 0 Å². The van der Waals surface area contributed by atoms with E-state index >= 15 is 0 Å². The Morgan fingerprint density at radius 1 is 1.33 bits per heavy atom. The highest BCUT2D eigenvalue weighted by molar-refractivity contribution is 5.94. The maximum atomic E-state index is 12.1. The second-order valence-corrected chi connectivity index (χ2v) is 6.04. The fraction of sp³-hybridized carbons (Fsp3) is 0.625. The Hall–Kier alpha value is -1.62. The normalized spacial score (nSPS) is 11.4. The van der Waals surface area contributed by atoms with E-state index in [1.807, 2.05) is 19.9 Å². The Balaban J connectivity index is 2.52. The van der Waals surface area contributed by atoms with E-state index in [1.165, 1.54) is 0 Å². The van der Waals surface area contributed by atoms with Crippen LogP contribution in [0.15, 0.2) is 12.1 Å².